The first kappa shape index (κ1) is 17.9. The lowest BCUT2D eigenvalue weighted by Gasteiger charge is -2.23. The lowest BCUT2D eigenvalue weighted by atomic mass is 9.98. The Bertz CT molecular complexity index is 284. The van der Waals surface area contributed by atoms with Gasteiger partial charge in [0.25, 0.3) is 0 Å². The lowest BCUT2D eigenvalue weighted by Crippen LogP contribution is -2.51. The SMILES string of the molecule is CCC(C)C(NC(=O)C(N)CCCOC)C(=O)OC. The highest BCUT2D eigenvalue weighted by molar-refractivity contribution is 5.87. The minimum atomic E-state index is -0.643. The van der Waals surface area contributed by atoms with Gasteiger partial charge in [-0.05, 0) is 18.8 Å². The first-order valence-corrected chi connectivity index (χ1v) is 6.60. The molecule has 0 heterocycles. The van der Waals surface area contributed by atoms with Gasteiger partial charge in [0.05, 0.1) is 13.2 Å². The Hall–Kier alpha value is -1.14. The van der Waals surface area contributed by atoms with Crippen LogP contribution in [0.25, 0.3) is 0 Å². The molecule has 0 rings (SSSR count). The zero-order chi connectivity index (χ0) is 14.8. The van der Waals surface area contributed by atoms with Gasteiger partial charge < -0.3 is 20.5 Å². The fourth-order valence-electron chi connectivity index (χ4n) is 1.64. The van der Waals surface area contributed by atoms with Crippen molar-refractivity contribution >= 4 is 11.9 Å². The van der Waals surface area contributed by atoms with Crippen molar-refractivity contribution < 1.29 is 19.1 Å². The van der Waals surface area contributed by atoms with Crippen LogP contribution in [0, 0.1) is 5.92 Å². The highest BCUT2D eigenvalue weighted by Gasteiger charge is 2.28. The molecule has 0 bridgehead atoms. The van der Waals surface area contributed by atoms with Crippen molar-refractivity contribution in [3.63, 3.8) is 0 Å². The average molecular weight is 274 g/mol. The molecule has 6 heteroatoms. The summed E-state index contributed by atoms with van der Waals surface area (Å²) in [6.07, 6.45) is 1.99. The van der Waals surface area contributed by atoms with E-state index in [2.05, 4.69) is 5.32 Å². The Kier molecular flexibility index (Phi) is 9.16. The van der Waals surface area contributed by atoms with E-state index in [1.807, 2.05) is 13.8 Å². The second-order valence-electron chi connectivity index (χ2n) is 4.64. The van der Waals surface area contributed by atoms with Gasteiger partial charge in [0.15, 0.2) is 0 Å². The van der Waals surface area contributed by atoms with Gasteiger partial charge in [-0.15, -0.1) is 0 Å². The summed E-state index contributed by atoms with van der Waals surface area (Å²) in [5, 5.41) is 2.67. The summed E-state index contributed by atoms with van der Waals surface area (Å²) in [4.78, 5) is 23.5. The molecule has 19 heavy (non-hydrogen) atoms. The maximum atomic E-state index is 11.9. The number of esters is 1. The Morgan fingerprint density at radius 2 is 1.95 bits per heavy atom. The van der Waals surface area contributed by atoms with E-state index in [4.69, 9.17) is 15.2 Å². The summed E-state index contributed by atoms with van der Waals surface area (Å²) in [5.41, 5.74) is 5.77. The van der Waals surface area contributed by atoms with Crippen molar-refractivity contribution in [2.45, 2.75) is 45.2 Å². The van der Waals surface area contributed by atoms with E-state index in [0.29, 0.717) is 19.4 Å². The minimum absolute atomic E-state index is 0.00238. The van der Waals surface area contributed by atoms with Gasteiger partial charge in [-0.25, -0.2) is 4.79 Å². The van der Waals surface area contributed by atoms with Crippen molar-refractivity contribution in [2.75, 3.05) is 20.8 Å². The normalized spacial score (nSPS) is 15.4. The van der Waals surface area contributed by atoms with E-state index in [0.717, 1.165) is 6.42 Å². The van der Waals surface area contributed by atoms with Crippen LogP contribution < -0.4 is 11.1 Å². The maximum absolute atomic E-state index is 11.9. The summed E-state index contributed by atoms with van der Waals surface area (Å²) in [5.74, 6) is -0.763. The summed E-state index contributed by atoms with van der Waals surface area (Å²) < 4.78 is 9.60. The van der Waals surface area contributed by atoms with Gasteiger partial charge in [-0.1, -0.05) is 20.3 Å². The van der Waals surface area contributed by atoms with Gasteiger partial charge in [0.2, 0.25) is 5.91 Å². The number of carbonyl (C=O) groups excluding carboxylic acids is 2. The minimum Gasteiger partial charge on any atom is -0.467 e. The maximum Gasteiger partial charge on any atom is 0.328 e. The van der Waals surface area contributed by atoms with Crippen LogP contribution in [0.3, 0.4) is 0 Å². The molecule has 0 spiro atoms. The Balaban J connectivity index is 4.41. The number of rotatable bonds is 9. The second-order valence-corrected chi connectivity index (χ2v) is 4.64. The molecule has 3 unspecified atom stereocenters. The van der Waals surface area contributed by atoms with Crippen LogP contribution in [0.1, 0.15) is 33.1 Å². The first-order chi connectivity index (χ1) is 8.97. The molecule has 0 aliphatic carbocycles. The third kappa shape index (κ3) is 6.54. The fraction of sp³-hybridized carbons (Fsp3) is 0.846. The number of ether oxygens (including phenoxy) is 2. The van der Waals surface area contributed by atoms with Crippen molar-refractivity contribution in [1.82, 2.24) is 5.32 Å². The standard InChI is InChI=1S/C13H26N2O4/c1-5-9(2)11(13(17)19-4)15-12(16)10(14)7-6-8-18-3/h9-11H,5-8,14H2,1-4H3,(H,15,16). The van der Waals surface area contributed by atoms with Crippen molar-refractivity contribution in [2.24, 2.45) is 11.7 Å². The number of nitrogens with two attached hydrogens (primary N) is 1. The van der Waals surface area contributed by atoms with Crippen LogP contribution in [0.4, 0.5) is 0 Å². The Morgan fingerprint density at radius 3 is 2.42 bits per heavy atom. The lowest BCUT2D eigenvalue weighted by molar-refractivity contribution is -0.146. The molecule has 0 saturated carbocycles. The van der Waals surface area contributed by atoms with Crippen molar-refractivity contribution in [3.05, 3.63) is 0 Å². The van der Waals surface area contributed by atoms with Crippen LogP contribution in [-0.4, -0.2) is 44.8 Å². The molecule has 0 aliphatic rings. The summed E-state index contributed by atoms with van der Waals surface area (Å²) in [6, 6.07) is -1.28. The largest absolute Gasteiger partial charge is 0.467 e. The van der Waals surface area contributed by atoms with Crippen LogP contribution in [0.2, 0.25) is 0 Å². The van der Waals surface area contributed by atoms with Crippen molar-refractivity contribution in [1.29, 1.82) is 0 Å². The molecule has 3 atom stereocenters. The zero-order valence-electron chi connectivity index (χ0n) is 12.3. The Morgan fingerprint density at radius 1 is 1.32 bits per heavy atom. The van der Waals surface area contributed by atoms with Crippen LogP contribution in [0.5, 0.6) is 0 Å². The van der Waals surface area contributed by atoms with Crippen LogP contribution in [0.15, 0.2) is 0 Å². The molecule has 6 nitrogen and oxygen atoms in total. The third-order valence-corrected chi connectivity index (χ3v) is 3.17. The molecule has 0 aromatic carbocycles. The highest BCUT2D eigenvalue weighted by atomic mass is 16.5. The number of nitrogens with one attached hydrogen (secondary N) is 1. The molecule has 0 fully saturated rings. The molecular weight excluding hydrogens is 248 g/mol. The van der Waals surface area contributed by atoms with E-state index in [9.17, 15) is 9.59 Å². The van der Waals surface area contributed by atoms with Gasteiger partial charge >= 0.3 is 5.97 Å². The molecular formula is C13H26N2O4. The Labute approximate surface area is 115 Å². The second kappa shape index (κ2) is 9.75. The molecule has 3 N–H and O–H groups in total. The summed E-state index contributed by atoms with van der Waals surface area (Å²) >= 11 is 0. The predicted octanol–water partition coefficient (Wildman–Crippen LogP) is 0.444. The monoisotopic (exact) mass is 274 g/mol. The van der Waals surface area contributed by atoms with E-state index in [1.165, 1.54) is 7.11 Å². The topological polar surface area (TPSA) is 90.7 Å². The highest BCUT2D eigenvalue weighted by Crippen LogP contribution is 2.09. The smallest absolute Gasteiger partial charge is 0.328 e. The van der Waals surface area contributed by atoms with Gasteiger partial charge in [0.1, 0.15) is 6.04 Å². The van der Waals surface area contributed by atoms with Crippen LogP contribution in [-0.2, 0) is 19.1 Å². The average Bonchev–Trinajstić information content (AvgIpc) is 2.42. The molecule has 0 radical (unpaired) electrons. The number of hydrogen-bond acceptors (Lipinski definition) is 5. The molecule has 1 amide bonds. The molecule has 112 valence electrons. The summed E-state index contributed by atoms with van der Waals surface area (Å²) in [6.45, 7) is 4.40. The zero-order valence-corrected chi connectivity index (χ0v) is 12.3. The van der Waals surface area contributed by atoms with Gasteiger partial charge in [-0.2, -0.15) is 0 Å². The number of carbonyl (C=O) groups is 2. The fourth-order valence-corrected chi connectivity index (χ4v) is 1.64. The van der Waals surface area contributed by atoms with Gasteiger partial charge in [0, 0.05) is 13.7 Å². The molecule has 0 aromatic rings. The number of amides is 1. The third-order valence-electron chi connectivity index (χ3n) is 3.17. The molecule has 0 saturated heterocycles. The van der Waals surface area contributed by atoms with E-state index in [1.54, 1.807) is 7.11 Å². The quantitative estimate of drug-likeness (QED) is 0.470. The molecule has 0 aliphatic heterocycles. The van der Waals surface area contributed by atoms with Crippen molar-refractivity contribution in [3.8, 4) is 0 Å². The van der Waals surface area contributed by atoms with E-state index < -0.39 is 18.1 Å². The van der Waals surface area contributed by atoms with Gasteiger partial charge in [-0.3, -0.25) is 4.79 Å². The summed E-state index contributed by atoms with van der Waals surface area (Å²) in [7, 11) is 2.91. The first-order valence-electron chi connectivity index (χ1n) is 6.60. The van der Waals surface area contributed by atoms with Crippen LogP contribution >= 0.6 is 0 Å². The molecule has 0 aromatic heterocycles. The van der Waals surface area contributed by atoms with E-state index in [-0.39, 0.29) is 11.8 Å². The predicted molar refractivity (Wildman–Crippen MR) is 72.5 cm³/mol. The number of hydrogen-bond donors (Lipinski definition) is 2. The van der Waals surface area contributed by atoms with E-state index >= 15 is 0 Å². The number of methoxy groups -OCH3 is 2.